The van der Waals surface area contributed by atoms with E-state index in [1.807, 2.05) is 0 Å². The Labute approximate surface area is 239 Å². The van der Waals surface area contributed by atoms with Crippen molar-refractivity contribution in [3.8, 4) is 28.7 Å². The fourth-order valence-corrected chi connectivity index (χ4v) is 5.97. The van der Waals surface area contributed by atoms with Gasteiger partial charge in [0.15, 0.2) is 23.0 Å². The molecule has 8 heteroatoms. The first kappa shape index (κ1) is 28.1. The molecule has 2 N–H and O–H groups in total. The van der Waals surface area contributed by atoms with E-state index in [2.05, 4.69) is 35.2 Å². The highest BCUT2D eigenvalue weighted by Crippen LogP contribution is 2.44. The molecule has 2 aliphatic rings. The van der Waals surface area contributed by atoms with Crippen LogP contribution < -0.4 is 18.9 Å². The molecule has 1 unspecified atom stereocenters. The number of phenolic OH excluding ortho intramolecular Hbond substituents is 1. The summed E-state index contributed by atoms with van der Waals surface area (Å²) in [5.74, 6) is 1.78. The standard InChI is InChI=1S/C23H25NO3.C10H10O4/c1-25-15-6-7-16-18(10-15)20-12-23(27-3)22(26-2)11-19(20)17-9-14-5-4-8-24(14)13-21(16)17;1-14-9-6-7(2-4-8(9)11)3-5-10(12)13/h6-7,10-12,14H,4-5,8-9,13H2,1-3H3;2-6,11H,1H3,(H,12,13)/b;5-3+. The van der Waals surface area contributed by atoms with Gasteiger partial charge in [0.1, 0.15) is 5.75 Å². The molecule has 0 bridgehead atoms. The number of hydrogen-bond acceptors (Lipinski definition) is 7. The summed E-state index contributed by atoms with van der Waals surface area (Å²) in [5.41, 5.74) is 3.60. The number of rotatable bonds is 6. The van der Waals surface area contributed by atoms with Gasteiger partial charge in [-0.15, -0.1) is 0 Å². The normalized spacial score (nSPS) is 16.1. The van der Waals surface area contributed by atoms with E-state index in [9.17, 15) is 9.90 Å². The minimum atomic E-state index is -1.02. The number of methoxy groups -OCH3 is 4. The molecular formula is C33H35NO7. The van der Waals surface area contributed by atoms with Crippen LogP contribution in [-0.2, 0) is 17.8 Å². The minimum absolute atomic E-state index is 0.0278. The molecular weight excluding hydrogens is 522 g/mol. The van der Waals surface area contributed by atoms with Gasteiger partial charge in [-0.3, -0.25) is 4.90 Å². The highest BCUT2D eigenvalue weighted by Gasteiger charge is 2.32. The number of aliphatic carboxylic acids is 1. The topological polar surface area (TPSA) is 97.7 Å². The second-order valence-corrected chi connectivity index (χ2v) is 10.2. The minimum Gasteiger partial charge on any atom is -0.504 e. The van der Waals surface area contributed by atoms with E-state index in [-0.39, 0.29) is 5.75 Å². The molecule has 1 atom stereocenters. The first-order valence-corrected chi connectivity index (χ1v) is 13.6. The van der Waals surface area contributed by atoms with Crippen LogP contribution in [0.25, 0.3) is 27.6 Å². The molecule has 1 fully saturated rings. The molecule has 0 amide bonds. The molecule has 41 heavy (non-hydrogen) atoms. The van der Waals surface area contributed by atoms with Crippen LogP contribution in [0, 0.1) is 0 Å². The van der Waals surface area contributed by atoms with Crippen molar-refractivity contribution in [1.29, 1.82) is 0 Å². The monoisotopic (exact) mass is 557 g/mol. The molecule has 2 heterocycles. The third-order valence-corrected chi connectivity index (χ3v) is 7.98. The van der Waals surface area contributed by atoms with Crippen LogP contribution in [0.2, 0.25) is 0 Å². The van der Waals surface area contributed by atoms with Crippen molar-refractivity contribution in [2.45, 2.75) is 31.8 Å². The zero-order valence-electron chi connectivity index (χ0n) is 23.8. The van der Waals surface area contributed by atoms with Crippen molar-refractivity contribution >= 4 is 33.6 Å². The number of aromatic hydroxyl groups is 1. The van der Waals surface area contributed by atoms with Gasteiger partial charge in [0.05, 0.1) is 28.4 Å². The van der Waals surface area contributed by atoms with Crippen LogP contribution in [0.15, 0.2) is 54.6 Å². The second-order valence-electron chi connectivity index (χ2n) is 10.2. The lowest BCUT2D eigenvalue weighted by molar-refractivity contribution is -0.131. The van der Waals surface area contributed by atoms with Gasteiger partial charge in [0, 0.05) is 18.7 Å². The molecule has 8 nitrogen and oxygen atoms in total. The summed E-state index contributed by atoms with van der Waals surface area (Å²) in [6.45, 7) is 2.25. The van der Waals surface area contributed by atoms with E-state index < -0.39 is 5.97 Å². The highest BCUT2D eigenvalue weighted by atomic mass is 16.5. The van der Waals surface area contributed by atoms with E-state index in [0.29, 0.717) is 17.4 Å². The number of phenols is 1. The summed E-state index contributed by atoms with van der Waals surface area (Å²) >= 11 is 0. The average Bonchev–Trinajstić information content (AvgIpc) is 3.46. The van der Waals surface area contributed by atoms with Crippen LogP contribution in [0.5, 0.6) is 28.7 Å². The summed E-state index contributed by atoms with van der Waals surface area (Å²) in [6.07, 6.45) is 6.16. The number of carboxylic acids is 1. The van der Waals surface area contributed by atoms with Crippen molar-refractivity contribution in [2.75, 3.05) is 35.0 Å². The largest absolute Gasteiger partial charge is 0.504 e. The zero-order chi connectivity index (χ0) is 29.1. The van der Waals surface area contributed by atoms with Gasteiger partial charge in [-0.05, 0) is 107 Å². The van der Waals surface area contributed by atoms with Gasteiger partial charge in [-0.2, -0.15) is 0 Å². The van der Waals surface area contributed by atoms with Crippen LogP contribution in [0.3, 0.4) is 0 Å². The van der Waals surface area contributed by atoms with E-state index in [1.165, 1.54) is 71.3 Å². The molecule has 0 saturated carbocycles. The Hall–Kier alpha value is -4.43. The molecule has 0 aromatic heterocycles. The lowest BCUT2D eigenvalue weighted by atomic mass is 9.85. The second kappa shape index (κ2) is 12.0. The predicted octanol–water partition coefficient (Wildman–Crippen LogP) is 6.04. The molecule has 0 spiro atoms. The zero-order valence-corrected chi connectivity index (χ0v) is 23.8. The summed E-state index contributed by atoms with van der Waals surface area (Å²) in [6, 6.07) is 16.0. The fraction of sp³-hybridized carbons (Fsp3) is 0.303. The maximum absolute atomic E-state index is 10.2. The molecule has 0 radical (unpaired) electrons. The Kier molecular flexibility index (Phi) is 8.21. The lowest BCUT2D eigenvalue weighted by Crippen LogP contribution is -2.35. The molecule has 4 aromatic rings. The number of benzene rings is 4. The average molecular weight is 558 g/mol. The highest BCUT2D eigenvalue weighted by molar-refractivity contribution is 6.12. The molecule has 1 saturated heterocycles. The first-order chi connectivity index (χ1) is 19.9. The maximum Gasteiger partial charge on any atom is 0.328 e. The SMILES string of the molecule is COc1cc(/C=C/C(=O)O)ccc1O.COc1ccc2c3c(c4cc(OC)c(OC)cc4c2c1)CC1CCCN1C3. The van der Waals surface area contributed by atoms with Gasteiger partial charge in [-0.25, -0.2) is 4.79 Å². The van der Waals surface area contributed by atoms with Crippen LogP contribution in [-0.4, -0.2) is 62.1 Å². The number of fused-ring (bicyclic) bond motifs is 7. The van der Waals surface area contributed by atoms with Gasteiger partial charge in [0.25, 0.3) is 0 Å². The Morgan fingerprint density at radius 3 is 2.22 bits per heavy atom. The van der Waals surface area contributed by atoms with Crippen LogP contribution in [0.1, 0.15) is 29.5 Å². The summed E-state index contributed by atoms with van der Waals surface area (Å²) in [4.78, 5) is 12.9. The maximum atomic E-state index is 10.2. The Bertz CT molecular complexity index is 1630. The van der Waals surface area contributed by atoms with E-state index >= 15 is 0 Å². The van der Waals surface area contributed by atoms with Crippen molar-refractivity contribution in [1.82, 2.24) is 4.90 Å². The number of hydrogen-bond donors (Lipinski definition) is 2. The van der Waals surface area contributed by atoms with Crippen molar-refractivity contribution in [3.63, 3.8) is 0 Å². The quantitative estimate of drug-likeness (QED) is 0.219. The number of nitrogens with zero attached hydrogens (tertiary/aromatic N) is 1. The number of ether oxygens (including phenoxy) is 4. The fourth-order valence-electron chi connectivity index (χ4n) is 5.97. The number of carboxylic acid groups (broad SMARTS) is 1. The van der Waals surface area contributed by atoms with Gasteiger partial charge in [-0.1, -0.05) is 12.1 Å². The first-order valence-electron chi connectivity index (χ1n) is 13.6. The molecule has 2 aliphatic heterocycles. The summed E-state index contributed by atoms with van der Waals surface area (Å²) < 4.78 is 21.6. The van der Waals surface area contributed by atoms with Gasteiger partial charge < -0.3 is 29.2 Å². The summed E-state index contributed by atoms with van der Waals surface area (Å²) in [7, 11) is 6.56. The smallest absolute Gasteiger partial charge is 0.328 e. The van der Waals surface area contributed by atoms with E-state index in [0.717, 1.165) is 36.3 Å². The van der Waals surface area contributed by atoms with Crippen LogP contribution in [0.4, 0.5) is 0 Å². The lowest BCUT2D eigenvalue weighted by Gasteiger charge is -2.33. The number of carbonyl (C=O) groups is 1. The van der Waals surface area contributed by atoms with Gasteiger partial charge in [0.2, 0.25) is 0 Å². The molecule has 0 aliphatic carbocycles. The van der Waals surface area contributed by atoms with Crippen molar-refractivity contribution in [2.24, 2.45) is 0 Å². The van der Waals surface area contributed by atoms with E-state index in [1.54, 1.807) is 33.5 Å². The third-order valence-electron chi connectivity index (χ3n) is 7.98. The Balaban J connectivity index is 0.000000205. The van der Waals surface area contributed by atoms with Crippen LogP contribution >= 0.6 is 0 Å². The van der Waals surface area contributed by atoms with Gasteiger partial charge >= 0.3 is 5.97 Å². The Morgan fingerprint density at radius 2 is 1.54 bits per heavy atom. The summed E-state index contributed by atoms with van der Waals surface area (Å²) in [5, 5.41) is 22.7. The van der Waals surface area contributed by atoms with Crippen molar-refractivity contribution in [3.05, 3.63) is 71.3 Å². The Morgan fingerprint density at radius 1 is 0.829 bits per heavy atom. The molecule has 6 rings (SSSR count). The third kappa shape index (κ3) is 5.60. The van der Waals surface area contributed by atoms with Crippen molar-refractivity contribution < 1.29 is 34.0 Å². The molecule has 214 valence electrons. The van der Waals surface area contributed by atoms with E-state index in [4.69, 9.17) is 24.1 Å². The molecule has 4 aromatic carbocycles. The predicted molar refractivity (Wildman–Crippen MR) is 160 cm³/mol.